The van der Waals surface area contributed by atoms with Gasteiger partial charge in [-0.3, -0.25) is 4.90 Å². The molecule has 0 aromatic rings. The Balaban J connectivity index is 0. The van der Waals surface area contributed by atoms with E-state index in [4.69, 9.17) is 12.8 Å². The second kappa shape index (κ2) is 10.7. The van der Waals surface area contributed by atoms with E-state index in [1.54, 1.807) is 11.9 Å². The third kappa shape index (κ3) is 20.9. The van der Waals surface area contributed by atoms with E-state index in [0.29, 0.717) is 30.7 Å². The van der Waals surface area contributed by atoms with E-state index in [1.165, 1.54) is 12.5 Å². The Labute approximate surface area is 142 Å². The van der Waals surface area contributed by atoms with Gasteiger partial charge >= 0.3 is 0 Å². The van der Waals surface area contributed by atoms with Gasteiger partial charge < -0.3 is 4.48 Å². The van der Waals surface area contributed by atoms with Crippen molar-refractivity contribution >= 4 is 19.7 Å². The quantitative estimate of drug-likeness (QED) is 0.422. The second-order valence-electron chi connectivity index (χ2n) is 6.22. The van der Waals surface area contributed by atoms with Crippen LogP contribution in [0, 0.1) is 24.7 Å². The van der Waals surface area contributed by atoms with Crippen LogP contribution in [0.25, 0.3) is 0 Å². The highest BCUT2D eigenvalue weighted by Gasteiger charge is 2.16. The fraction of sp³-hybridized carbons (Fsp3) is 0.733. The van der Waals surface area contributed by atoms with Crippen LogP contribution in [0.1, 0.15) is 0 Å². The minimum Gasteiger partial charge on any atom is -0.318 e. The zero-order valence-corrected chi connectivity index (χ0v) is 16.4. The van der Waals surface area contributed by atoms with Gasteiger partial charge in [0.1, 0.15) is 16.4 Å². The summed E-state index contributed by atoms with van der Waals surface area (Å²) in [4.78, 5) is 1.79. The van der Waals surface area contributed by atoms with Gasteiger partial charge in [-0.25, -0.2) is 16.8 Å². The van der Waals surface area contributed by atoms with Crippen LogP contribution in [-0.4, -0.2) is 97.6 Å². The maximum absolute atomic E-state index is 10.8. The first-order chi connectivity index (χ1) is 10.2. The fourth-order valence-corrected chi connectivity index (χ4v) is 2.76. The Morgan fingerprint density at radius 3 is 1.78 bits per heavy atom. The van der Waals surface area contributed by atoms with Crippen molar-refractivity contribution in [2.45, 2.75) is 0 Å². The first-order valence-electron chi connectivity index (χ1n) is 6.95. The van der Waals surface area contributed by atoms with Crippen molar-refractivity contribution in [2.24, 2.45) is 0 Å². The number of nitrogens with zero attached hydrogens (tertiary/aromatic N) is 2. The van der Waals surface area contributed by atoms with Gasteiger partial charge in [0, 0.05) is 19.1 Å². The molecule has 6 nitrogen and oxygen atoms in total. The van der Waals surface area contributed by atoms with Crippen LogP contribution in [0.3, 0.4) is 0 Å². The lowest BCUT2D eigenvalue weighted by molar-refractivity contribution is -0.880. The normalized spacial score (nSPS) is 12.0. The summed E-state index contributed by atoms with van der Waals surface area (Å²) in [6, 6.07) is 0. The SMILES string of the molecule is C#CCN(C)CCS(C)(=O)=O.C#CC[N+](C)(C)CCS(C)(=O)=O. The van der Waals surface area contributed by atoms with Crippen molar-refractivity contribution < 1.29 is 21.3 Å². The smallest absolute Gasteiger partial charge is 0.152 e. The molecule has 0 bridgehead atoms. The molecule has 0 aliphatic carbocycles. The highest BCUT2D eigenvalue weighted by atomic mass is 32.2. The second-order valence-corrected chi connectivity index (χ2v) is 10.7. The average molecular weight is 366 g/mol. The maximum Gasteiger partial charge on any atom is 0.152 e. The highest BCUT2D eigenvalue weighted by Crippen LogP contribution is 1.96. The van der Waals surface area contributed by atoms with Crippen LogP contribution in [0.15, 0.2) is 0 Å². The van der Waals surface area contributed by atoms with Gasteiger partial charge in [-0.1, -0.05) is 5.92 Å². The van der Waals surface area contributed by atoms with Crippen molar-refractivity contribution in [3.63, 3.8) is 0 Å². The maximum atomic E-state index is 10.8. The van der Waals surface area contributed by atoms with Gasteiger partial charge in [0.05, 0.1) is 38.7 Å². The van der Waals surface area contributed by atoms with E-state index in [-0.39, 0.29) is 11.5 Å². The lowest BCUT2D eigenvalue weighted by Gasteiger charge is -2.26. The summed E-state index contributed by atoms with van der Waals surface area (Å²) < 4.78 is 43.5. The van der Waals surface area contributed by atoms with Crippen molar-refractivity contribution in [3.05, 3.63) is 0 Å². The van der Waals surface area contributed by atoms with Crippen LogP contribution in [0.4, 0.5) is 0 Å². The molecule has 134 valence electrons. The van der Waals surface area contributed by atoms with Crippen LogP contribution in [0.2, 0.25) is 0 Å². The standard InChI is InChI=1S/C8H16NO2S.C7H13NO2S/c1-5-6-9(2,3)7-8-12(4,10)11;1-4-5-8(2)6-7-11(3,9)10/h1H,6-8H2,2-4H3;1H,5-7H2,2-3H3/q+1;. The van der Waals surface area contributed by atoms with E-state index >= 15 is 0 Å². The van der Waals surface area contributed by atoms with Crippen molar-refractivity contribution in [2.75, 3.05) is 71.3 Å². The summed E-state index contributed by atoms with van der Waals surface area (Å²) in [6.45, 7) is 2.14. The van der Waals surface area contributed by atoms with E-state index in [9.17, 15) is 16.8 Å². The first kappa shape index (κ1) is 24.2. The monoisotopic (exact) mass is 365 g/mol. The molecular weight excluding hydrogens is 336 g/mol. The highest BCUT2D eigenvalue weighted by molar-refractivity contribution is 7.90. The Morgan fingerprint density at radius 1 is 0.957 bits per heavy atom. The molecule has 0 aliphatic rings. The van der Waals surface area contributed by atoms with Crippen molar-refractivity contribution in [3.8, 4) is 24.7 Å². The van der Waals surface area contributed by atoms with Gasteiger partial charge in [-0.2, -0.15) is 0 Å². The van der Waals surface area contributed by atoms with Gasteiger partial charge in [-0.15, -0.1) is 12.8 Å². The minimum atomic E-state index is -2.86. The Kier molecular flexibility index (Phi) is 11.2. The Bertz CT molecular complexity index is 623. The zero-order chi connectivity index (χ0) is 18.7. The third-order valence-corrected chi connectivity index (χ3v) is 4.64. The topological polar surface area (TPSA) is 71.5 Å². The molecule has 0 heterocycles. The number of hydrogen-bond donors (Lipinski definition) is 0. The molecule has 0 amide bonds. The first-order valence-corrected chi connectivity index (χ1v) is 11.1. The zero-order valence-electron chi connectivity index (χ0n) is 14.7. The number of rotatable bonds is 8. The molecule has 8 heteroatoms. The predicted molar refractivity (Wildman–Crippen MR) is 96.4 cm³/mol. The molecule has 0 atom stereocenters. The van der Waals surface area contributed by atoms with E-state index in [0.717, 1.165) is 0 Å². The summed E-state index contributed by atoms with van der Waals surface area (Å²) in [6.07, 6.45) is 12.6. The number of sulfone groups is 2. The fourth-order valence-electron chi connectivity index (χ4n) is 1.30. The van der Waals surface area contributed by atoms with E-state index in [2.05, 4.69) is 11.8 Å². The third-order valence-electron chi connectivity index (χ3n) is 2.79. The average Bonchev–Trinajstić information content (AvgIpc) is 2.34. The van der Waals surface area contributed by atoms with Gasteiger partial charge in [0.15, 0.2) is 9.84 Å². The van der Waals surface area contributed by atoms with E-state index in [1.807, 2.05) is 14.1 Å². The van der Waals surface area contributed by atoms with Crippen LogP contribution in [0.5, 0.6) is 0 Å². The van der Waals surface area contributed by atoms with Gasteiger partial charge in [-0.05, 0) is 13.0 Å². The molecule has 23 heavy (non-hydrogen) atoms. The number of quaternary nitrogens is 1. The van der Waals surface area contributed by atoms with Crippen LogP contribution >= 0.6 is 0 Å². The molecular formula is C15H29N2O4S2+. The van der Waals surface area contributed by atoms with Gasteiger partial charge in [0.2, 0.25) is 0 Å². The minimum absolute atomic E-state index is 0.172. The Hall–Kier alpha value is -1.06. The largest absolute Gasteiger partial charge is 0.318 e. The molecule has 0 radical (unpaired) electrons. The molecule has 0 saturated heterocycles. The van der Waals surface area contributed by atoms with Gasteiger partial charge in [0.25, 0.3) is 0 Å². The molecule has 0 aromatic heterocycles. The summed E-state index contributed by atoms with van der Waals surface area (Å²) in [7, 11) is -0.0676. The summed E-state index contributed by atoms with van der Waals surface area (Å²) in [5.74, 6) is 5.32. The predicted octanol–water partition coefficient (Wildman–Crippen LogP) is -0.663. The summed E-state index contributed by atoms with van der Waals surface area (Å²) in [5.41, 5.74) is 0. The van der Waals surface area contributed by atoms with Crippen LogP contribution in [-0.2, 0) is 19.7 Å². The molecule has 0 unspecified atom stereocenters. The van der Waals surface area contributed by atoms with Crippen molar-refractivity contribution in [1.29, 1.82) is 0 Å². The molecule has 0 aromatic carbocycles. The molecule has 0 rings (SSSR count). The number of hydrogen-bond acceptors (Lipinski definition) is 5. The molecule has 0 saturated carbocycles. The van der Waals surface area contributed by atoms with Crippen LogP contribution < -0.4 is 0 Å². The van der Waals surface area contributed by atoms with E-state index < -0.39 is 19.7 Å². The molecule has 0 N–H and O–H groups in total. The molecule has 0 aliphatic heterocycles. The summed E-state index contributed by atoms with van der Waals surface area (Å²) >= 11 is 0. The summed E-state index contributed by atoms with van der Waals surface area (Å²) in [5, 5.41) is 0. The number of terminal acetylenes is 2. The Morgan fingerprint density at radius 2 is 1.43 bits per heavy atom. The van der Waals surface area contributed by atoms with Crippen molar-refractivity contribution in [1.82, 2.24) is 4.90 Å². The molecule has 0 fully saturated rings. The molecule has 0 spiro atoms. The lowest BCUT2D eigenvalue weighted by atomic mass is 10.4. The lowest BCUT2D eigenvalue weighted by Crippen LogP contribution is -2.43.